The molecule has 0 amide bonds. The fourth-order valence-corrected chi connectivity index (χ4v) is 3.22. The Morgan fingerprint density at radius 3 is 2.68 bits per heavy atom. The van der Waals surface area contributed by atoms with E-state index in [9.17, 15) is 9.90 Å². The van der Waals surface area contributed by atoms with Gasteiger partial charge < -0.3 is 14.8 Å². The molecule has 2 aromatic heterocycles. The minimum Gasteiger partial charge on any atom is -0.545 e. The molecule has 2 aliphatic rings. The zero-order valence-electron chi connectivity index (χ0n) is 12.3. The molecule has 6 heteroatoms. The number of carbonyl (C=O) groups excluding carboxylic acids is 1. The number of hydrogen-bond donors (Lipinski definition) is 0. The van der Waals surface area contributed by atoms with Crippen molar-refractivity contribution in [3.05, 3.63) is 41.9 Å². The van der Waals surface area contributed by atoms with E-state index < -0.39 is 5.97 Å². The van der Waals surface area contributed by atoms with Gasteiger partial charge in [0.05, 0.1) is 18.2 Å². The average Bonchev–Trinajstić information content (AvgIpc) is 2.95. The summed E-state index contributed by atoms with van der Waals surface area (Å²) in [6.45, 7) is 4.22. The van der Waals surface area contributed by atoms with Crippen LogP contribution in [0.1, 0.15) is 35.3 Å². The molecule has 3 atom stereocenters. The highest BCUT2D eigenvalue weighted by atomic mass is 16.4. The van der Waals surface area contributed by atoms with Crippen LogP contribution in [0.15, 0.2) is 30.7 Å². The zero-order valence-corrected chi connectivity index (χ0v) is 12.3. The number of carbonyl (C=O) groups is 1. The summed E-state index contributed by atoms with van der Waals surface area (Å²) >= 11 is 0. The van der Waals surface area contributed by atoms with Gasteiger partial charge in [0, 0.05) is 31.0 Å². The monoisotopic (exact) mass is 297 g/mol. The molecule has 1 saturated heterocycles. The molecule has 0 bridgehead atoms. The highest BCUT2D eigenvalue weighted by Gasteiger charge is 2.45. The zero-order chi connectivity index (χ0) is 15.3. The van der Waals surface area contributed by atoms with E-state index in [0.29, 0.717) is 0 Å². The highest BCUT2D eigenvalue weighted by molar-refractivity contribution is 5.84. The molecule has 4 rings (SSSR count). The van der Waals surface area contributed by atoms with Gasteiger partial charge in [-0.15, -0.1) is 0 Å². The molecule has 2 fully saturated rings. The first-order valence-electron chi connectivity index (χ1n) is 7.58. The molecule has 114 valence electrons. The highest BCUT2D eigenvalue weighted by Crippen LogP contribution is 2.45. The van der Waals surface area contributed by atoms with Crippen molar-refractivity contribution in [2.24, 2.45) is 11.8 Å². The average molecular weight is 297 g/mol. The van der Waals surface area contributed by atoms with Gasteiger partial charge in [-0.1, -0.05) is 6.07 Å². The number of aromatic carboxylic acids is 1. The number of fused-ring (bicyclic) bond motifs is 1. The Hall–Kier alpha value is -2.37. The van der Waals surface area contributed by atoms with Crippen molar-refractivity contribution in [3.8, 4) is 0 Å². The first-order chi connectivity index (χ1) is 10.6. The van der Waals surface area contributed by atoms with E-state index in [1.54, 1.807) is 4.68 Å². The lowest BCUT2D eigenvalue weighted by atomic mass is 10.1. The van der Waals surface area contributed by atoms with E-state index in [1.165, 1.54) is 18.8 Å². The molecule has 1 aliphatic heterocycles. The van der Waals surface area contributed by atoms with Gasteiger partial charge in [0.2, 0.25) is 0 Å². The van der Waals surface area contributed by atoms with E-state index in [2.05, 4.69) is 15.0 Å². The van der Waals surface area contributed by atoms with Gasteiger partial charge in [0.25, 0.3) is 0 Å². The molecule has 0 N–H and O–H groups in total. The second-order valence-electron chi connectivity index (χ2n) is 6.28. The molecule has 0 radical (unpaired) electrons. The molecule has 0 spiro atoms. The Kier molecular flexibility index (Phi) is 2.92. The number of piperidine rings is 1. The summed E-state index contributed by atoms with van der Waals surface area (Å²) in [6, 6.07) is 4.01. The first kappa shape index (κ1) is 13.3. The Bertz CT molecular complexity index is 699. The maximum atomic E-state index is 10.8. The SMILES string of the molecule is CC(c1ccc(N2CC3CC3C2)nc1)n1cc(C(=O)[O-])cn1. The van der Waals surface area contributed by atoms with Crippen LogP contribution in [0.2, 0.25) is 0 Å². The van der Waals surface area contributed by atoms with Crippen LogP contribution < -0.4 is 10.0 Å². The first-order valence-corrected chi connectivity index (χ1v) is 7.58. The van der Waals surface area contributed by atoms with Crippen molar-refractivity contribution >= 4 is 11.8 Å². The summed E-state index contributed by atoms with van der Waals surface area (Å²) in [5, 5.41) is 14.9. The lowest BCUT2D eigenvalue weighted by Gasteiger charge is -2.20. The predicted octanol–water partition coefficient (Wildman–Crippen LogP) is 0.707. The van der Waals surface area contributed by atoms with E-state index in [1.807, 2.05) is 25.3 Å². The Morgan fingerprint density at radius 2 is 2.09 bits per heavy atom. The lowest BCUT2D eigenvalue weighted by Crippen LogP contribution is -2.23. The van der Waals surface area contributed by atoms with Crippen LogP contribution in [0, 0.1) is 11.8 Å². The molecule has 3 heterocycles. The smallest absolute Gasteiger partial charge is 0.128 e. The third-order valence-electron chi connectivity index (χ3n) is 4.79. The maximum Gasteiger partial charge on any atom is 0.128 e. The summed E-state index contributed by atoms with van der Waals surface area (Å²) in [4.78, 5) is 17.7. The van der Waals surface area contributed by atoms with Crippen LogP contribution >= 0.6 is 0 Å². The molecule has 0 aromatic carbocycles. The van der Waals surface area contributed by atoms with E-state index in [0.717, 1.165) is 36.3 Å². The quantitative estimate of drug-likeness (QED) is 0.831. The standard InChI is InChI=1S/C16H18N4O2/c1-10(20-9-14(6-18-20)16(21)22)11-2-3-15(17-5-11)19-7-12-4-13(12)8-19/h2-3,5-6,9-10,12-13H,4,7-8H2,1H3,(H,21,22)/p-1. The van der Waals surface area contributed by atoms with Crippen LogP contribution in [0.3, 0.4) is 0 Å². The molecule has 1 saturated carbocycles. The van der Waals surface area contributed by atoms with Crippen molar-refractivity contribution in [1.82, 2.24) is 14.8 Å². The minimum atomic E-state index is -1.21. The third kappa shape index (κ3) is 2.24. The fourth-order valence-electron chi connectivity index (χ4n) is 3.22. The molecule has 1 aliphatic carbocycles. The molecular formula is C16H17N4O2-. The van der Waals surface area contributed by atoms with Crippen molar-refractivity contribution in [1.29, 1.82) is 0 Å². The maximum absolute atomic E-state index is 10.8. The topological polar surface area (TPSA) is 74.1 Å². The molecule has 6 nitrogen and oxygen atoms in total. The Balaban J connectivity index is 1.50. The van der Waals surface area contributed by atoms with Gasteiger partial charge in [-0.3, -0.25) is 4.68 Å². The van der Waals surface area contributed by atoms with Gasteiger partial charge in [0.15, 0.2) is 0 Å². The molecule has 3 unspecified atom stereocenters. The van der Waals surface area contributed by atoms with Crippen molar-refractivity contribution < 1.29 is 9.90 Å². The second kappa shape index (κ2) is 4.83. The van der Waals surface area contributed by atoms with Crippen LogP contribution in [-0.2, 0) is 0 Å². The fraction of sp³-hybridized carbons (Fsp3) is 0.438. The second-order valence-corrected chi connectivity index (χ2v) is 6.28. The number of pyridine rings is 1. The number of nitrogens with zero attached hydrogens (tertiary/aromatic N) is 4. The summed E-state index contributed by atoms with van der Waals surface area (Å²) in [5.41, 5.74) is 1.09. The number of anilines is 1. The number of hydrogen-bond acceptors (Lipinski definition) is 5. The third-order valence-corrected chi connectivity index (χ3v) is 4.79. The van der Waals surface area contributed by atoms with E-state index in [-0.39, 0.29) is 11.6 Å². The number of rotatable bonds is 4. The lowest BCUT2D eigenvalue weighted by molar-refractivity contribution is -0.255. The van der Waals surface area contributed by atoms with Crippen LogP contribution in [0.5, 0.6) is 0 Å². The molecular weight excluding hydrogens is 280 g/mol. The summed E-state index contributed by atoms with van der Waals surface area (Å²) in [6.07, 6.45) is 6.03. The number of carboxylic acids is 1. The predicted molar refractivity (Wildman–Crippen MR) is 78.4 cm³/mol. The number of carboxylic acid groups (broad SMARTS) is 1. The van der Waals surface area contributed by atoms with Crippen molar-refractivity contribution in [3.63, 3.8) is 0 Å². The summed E-state index contributed by atoms with van der Waals surface area (Å²) < 4.78 is 1.62. The minimum absolute atomic E-state index is 0.0679. The van der Waals surface area contributed by atoms with Gasteiger partial charge in [0.1, 0.15) is 5.82 Å². The van der Waals surface area contributed by atoms with Gasteiger partial charge in [-0.2, -0.15) is 5.10 Å². The summed E-state index contributed by atoms with van der Waals surface area (Å²) in [5.74, 6) is 1.58. The molecule has 2 aromatic rings. The van der Waals surface area contributed by atoms with Crippen LogP contribution in [0.25, 0.3) is 0 Å². The van der Waals surface area contributed by atoms with E-state index in [4.69, 9.17) is 0 Å². The largest absolute Gasteiger partial charge is 0.545 e. The van der Waals surface area contributed by atoms with Crippen molar-refractivity contribution in [2.45, 2.75) is 19.4 Å². The van der Waals surface area contributed by atoms with Gasteiger partial charge in [-0.25, -0.2) is 4.98 Å². The van der Waals surface area contributed by atoms with Crippen LogP contribution in [-0.4, -0.2) is 33.8 Å². The Morgan fingerprint density at radius 1 is 1.32 bits per heavy atom. The summed E-state index contributed by atoms with van der Waals surface area (Å²) in [7, 11) is 0. The number of aromatic nitrogens is 3. The van der Waals surface area contributed by atoms with E-state index >= 15 is 0 Å². The normalized spacial score (nSPS) is 24.1. The Labute approximate surface area is 128 Å². The van der Waals surface area contributed by atoms with Crippen molar-refractivity contribution in [2.75, 3.05) is 18.0 Å². The molecule has 22 heavy (non-hydrogen) atoms. The van der Waals surface area contributed by atoms with Gasteiger partial charge in [-0.05, 0) is 36.8 Å². The van der Waals surface area contributed by atoms with Crippen LogP contribution in [0.4, 0.5) is 5.82 Å². The van der Waals surface area contributed by atoms with Gasteiger partial charge >= 0.3 is 0 Å².